The molecule has 1 unspecified atom stereocenters. The minimum atomic E-state index is -0.0277. The van der Waals surface area contributed by atoms with Gasteiger partial charge in [-0.05, 0) is 19.4 Å². The summed E-state index contributed by atoms with van der Waals surface area (Å²) < 4.78 is 0. The number of likely N-dealkylation sites (N-methyl/N-ethyl adjacent to an activating group) is 1. The third kappa shape index (κ3) is 3.18. The molecule has 4 heteroatoms. The van der Waals surface area contributed by atoms with Crippen molar-refractivity contribution in [3.05, 3.63) is 35.4 Å². The molecule has 1 atom stereocenters. The molecule has 0 saturated carbocycles. The minimum absolute atomic E-state index is 0.0277. The van der Waals surface area contributed by atoms with Gasteiger partial charge in [-0.15, -0.1) is 0 Å². The number of amides is 1. The highest BCUT2D eigenvalue weighted by atomic mass is 16.6. The third-order valence-electron chi connectivity index (χ3n) is 3.65. The summed E-state index contributed by atoms with van der Waals surface area (Å²) in [5, 5.41) is 4.20. The standard InChI is InChI=1S/C16H22N2O2/c1-4-16(19)18(5-2)11-13-10-15(17-20-13)14-9-7-6-8-12(14)3/h6-9,13H,4-5,10-11H2,1-3H3. The summed E-state index contributed by atoms with van der Waals surface area (Å²) in [4.78, 5) is 19.1. The van der Waals surface area contributed by atoms with E-state index in [1.807, 2.05) is 30.9 Å². The quantitative estimate of drug-likeness (QED) is 0.828. The van der Waals surface area contributed by atoms with E-state index >= 15 is 0 Å². The molecule has 0 fully saturated rings. The maximum Gasteiger partial charge on any atom is 0.222 e. The van der Waals surface area contributed by atoms with Gasteiger partial charge in [-0.2, -0.15) is 0 Å². The molecule has 0 spiro atoms. The van der Waals surface area contributed by atoms with E-state index in [1.165, 1.54) is 5.56 Å². The van der Waals surface area contributed by atoms with Crippen molar-refractivity contribution in [1.82, 2.24) is 4.90 Å². The summed E-state index contributed by atoms with van der Waals surface area (Å²) in [7, 11) is 0. The SMILES string of the molecule is CCC(=O)N(CC)CC1CC(c2ccccc2C)=NO1. The topological polar surface area (TPSA) is 41.9 Å². The second-order valence-electron chi connectivity index (χ2n) is 5.07. The Bertz CT molecular complexity index is 511. The van der Waals surface area contributed by atoms with Crippen LogP contribution >= 0.6 is 0 Å². The van der Waals surface area contributed by atoms with Crippen LogP contribution in [0.3, 0.4) is 0 Å². The Balaban J connectivity index is 1.98. The van der Waals surface area contributed by atoms with Crippen LogP contribution < -0.4 is 0 Å². The lowest BCUT2D eigenvalue weighted by Gasteiger charge is -2.22. The van der Waals surface area contributed by atoms with E-state index < -0.39 is 0 Å². The van der Waals surface area contributed by atoms with Gasteiger partial charge in [-0.3, -0.25) is 4.79 Å². The minimum Gasteiger partial charge on any atom is -0.390 e. The van der Waals surface area contributed by atoms with E-state index in [4.69, 9.17) is 4.84 Å². The molecule has 1 aliphatic rings. The lowest BCUT2D eigenvalue weighted by atomic mass is 10.0. The van der Waals surface area contributed by atoms with Crippen LogP contribution in [0.2, 0.25) is 0 Å². The number of benzene rings is 1. The van der Waals surface area contributed by atoms with Gasteiger partial charge in [0.15, 0.2) is 6.10 Å². The third-order valence-corrected chi connectivity index (χ3v) is 3.65. The first-order valence-corrected chi connectivity index (χ1v) is 7.22. The summed E-state index contributed by atoms with van der Waals surface area (Å²) in [5.74, 6) is 0.167. The van der Waals surface area contributed by atoms with E-state index in [0.29, 0.717) is 19.5 Å². The first-order valence-electron chi connectivity index (χ1n) is 7.22. The molecule has 0 saturated heterocycles. The average molecular weight is 274 g/mol. The number of carbonyl (C=O) groups excluding carboxylic acids is 1. The molecule has 1 aliphatic heterocycles. The second-order valence-corrected chi connectivity index (χ2v) is 5.07. The number of hydrogen-bond acceptors (Lipinski definition) is 3. The Morgan fingerprint density at radius 1 is 1.40 bits per heavy atom. The number of nitrogens with zero attached hydrogens (tertiary/aromatic N) is 2. The van der Waals surface area contributed by atoms with Crippen molar-refractivity contribution in [3.8, 4) is 0 Å². The van der Waals surface area contributed by atoms with Crippen LogP contribution in [0.4, 0.5) is 0 Å². The van der Waals surface area contributed by atoms with Crippen molar-refractivity contribution in [2.24, 2.45) is 5.16 Å². The van der Waals surface area contributed by atoms with Crippen LogP contribution in [-0.2, 0) is 9.63 Å². The normalized spacial score (nSPS) is 17.6. The van der Waals surface area contributed by atoms with Gasteiger partial charge in [0.2, 0.25) is 5.91 Å². The van der Waals surface area contributed by atoms with Crippen molar-refractivity contribution in [2.45, 2.75) is 39.7 Å². The molecule has 108 valence electrons. The largest absolute Gasteiger partial charge is 0.390 e. The van der Waals surface area contributed by atoms with Gasteiger partial charge in [-0.1, -0.05) is 36.3 Å². The fourth-order valence-electron chi connectivity index (χ4n) is 2.46. The highest BCUT2D eigenvalue weighted by Gasteiger charge is 2.26. The Morgan fingerprint density at radius 3 is 2.80 bits per heavy atom. The number of carbonyl (C=O) groups is 1. The van der Waals surface area contributed by atoms with Crippen LogP contribution in [-0.4, -0.2) is 35.7 Å². The van der Waals surface area contributed by atoms with Crippen LogP contribution in [0, 0.1) is 6.92 Å². The van der Waals surface area contributed by atoms with Gasteiger partial charge in [0.1, 0.15) is 0 Å². The van der Waals surface area contributed by atoms with E-state index in [2.05, 4.69) is 24.2 Å². The molecule has 0 aromatic heterocycles. The molecule has 1 heterocycles. The molecule has 20 heavy (non-hydrogen) atoms. The number of aryl methyl sites for hydroxylation is 1. The first kappa shape index (κ1) is 14.6. The van der Waals surface area contributed by atoms with Crippen LogP contribution in [0.25, 0.3) is 0 Å². The molecule has 4 nitrogen and oxygen atoms in total. The van der Waals surface area contributed by atoms with Crippen molar-refractivity contribution in [2.75, 3.05) is 13.1 Å². The number of oxime groups is 1. The van der Waals surface area contributed by atoms with E-state index in [-0.39, 0.29) is 12.0 Å². The van der Waals surface area contributed by atoms with Crippen molar-refractivity contribution >= 4 is 11.6 Å². The lowest BCUT2D eigenvalue weighted by Crippen LogP contribution is -2.37. The van der Waals surface area contributed by atoms with Gasteiger partial charge < -0.3 is 9.74 Å². The van der Waals surface area contributed by atoms with Gasteiger partial charge >= 0.3 is 0 Å². The zero-order valence-corrected chi connectivity index (χ0v) is 12.4. The molecule has 1 amide bonds. The zero-order valence-electron chi connectivity index (χ0n) is 12.4. The molecule has 0 aliphatic carbocycles. The molecule has 1 aromatic rings. The van der Waals surface area contributed by atoms with Gasteiger partial charge in [0, 0.05) is 24.9 Å². The maximum atomic E-state index is 11.8. The molecular weight excluding hydrogens is 252 g/mol. The monoisotopic (exact) mass is 274 g/mol. The summed E-state index contributed by atoms with van der Waals surface area (Å²) in [5.41, 5.74) is 3.32. The summed E-state index contributed by atoms with van der Waals surface area (Å²) in [6.07, 6.45) is 1.27. The summed E-state index contributed by atoms with van der Waals surface area (Å²) >= 11 is 0. The van der Waals surface area contributed by atoms with Gasteiger partial charge in [0.25, 0.3) is 0 Å². The van der Waals surface area contributed by atoms with Crippen LogP contribution in [0.5, 0.6) is 0 Å². The molecule has 0 bridgehead atoms. The van der Waals surface area contributed by atoms with Gasteiger partial charge in [-0.25, -0.2) is 0 Å². The van der Waals surface area contributed by atoms with Crippen LogP contribution in [0.1, 0.15) is 37.8 Å². The molecule has 2 rings (SSSR count). The number of hydrogen-bond donors (Lipinski definition) is 0. The molecule has 1 aromatic carbocycles. The highest BCUT2D eigenvalue weighted by molar-refractivity contribution is 6.02. The highest BCUT2D eigenvalue weighted by Crippen LogP contribution is 2.20. The van der Waals surface area contributed by atoms with Crippen molar-refractivity contribution in [3.63, 3.8) is 0 Å². The number of rotatable bonds is 5. The maximum absolute atomic E-state index is 11.8. The van der Waals surface area contributed by atoms with Crippen molar-refractivity contribution < 1.29 is 9.63 Å². The predicted molar refractivity (Wildman–Crippen MR) is 79.8 cm³/mol. The lowest BCUT2D eigenvalue weighted by molar-refractivity contribution is -0.132. The van der Waals surface area contributed by atoms with E-state index in [1.54, 1.807) is 0 Å². The Morgan fingerprint density at radius 2 is 2.15 bits per heavy atom. The Hall–Kier alpha value is -1.84. The predicted octanol–water partition coefficient (Wildman–Crippen LogP) is 2.75. The molecule has 0 N–H and O–H groups in total. The zero-order chi connectivity index (χ0) is 14.5. The fraction of sp³-hybridized carbons (Fsp3) is 0.500. The van der Waals surface area contributed by atoms with E-state index in [0.717, 1.165) is 17.7 Å². The fourth-order valence-corrected chi connectivity index (χ4v) is 2.46. The Kier molecular flexibility index (Phi) is 4.77. The van der Waals surface area contributed by atoms with Crippen molar-refractivity contribution in [1.29, 1.82) is 0 Å². The summed E-state index contributed by atoms with van der Waals surface area (Å²) in [6.45, 7) is 7.28. The second kappa shape index (κ2) is 6.55. The smallest absolute Gasteiger partial charge is 0.222 e. The molecular formula is C16H22N2O2. The van der Waals surface area contributed by atoms with E-state index in [9.17, 15) is 4.79 Å². The molecule has 0 radical (unpaired) electrons. The van der Waals surface area contributed by atoms with Crippen LogP contribution in [0.15, 0.2) is 29.4 Å². The average Bonchev–Trinajstić information content (AvgIpc) is 2.92. The summed E-state index contributed by atoms with van der Waals surface area (Å²) in [6, 6.07) is 8.17. The Labute approximate surface area is 120 Å². The van der Waals surface area contributed by atoms with Gasteiger partial charge in [0.05, 0.1) is 12.3 Å². The first-order chi connectivity index (χ1) is 9.65.